The van der Waals surface area contributed by atoms with E-state index in [4.69, 9.17) is 14.4 Å². The van der Waals surface area contributed by atoms with Gasteiger partial charge in [-0.3, -0.25) is 4.79 Å². The van der Waals surface area contributed by atoms with E-state index in [0.717, 1.165) is 12.8 Å². The van der Waals surface area contributed by atoms with E-state index in [1.54, 1.807) is 0 Å². The van der Waals surface area contributed by atoms with E-state index >= 15 is 0 Å². The largest absolute Gasteiger partial charge is 0.692 e. The van der Waals surface area contributed by atoms with Crippen LogP contribution < -0.4 is 5.32 Å². The van der Waals surface area contributed by atoms with E-state index in [1.165, 1.54) is 70.6 Å². The molecule has 1 unspecified atom stereocenters. The number of aliphatic hydroxyl groups is 1. The number of hydrogen-bond acceptors (Lipinski definition) is 3. The van der Waals surface area contributed by atoms with E-state index in [2.05, 4.69) is 24.4 Å². The molecule has 0 aliphatic heterocycles. The van der Waals surface area contributed by atoms with Crippen molar-refractivity contribution in [1.82, 2.24) is 5.32 Å². The van der Waals surface area contributed by atoms with Gasteiger partial charge in [0.05, 0.1) is 0 Å². The molecular weight excluding hydrogens is 377 g/mol. The van der Waals surface area contributed by atoms with Crippen LogP contribution in [0, 0.1) is 0 Å². The lowest BCUT2D eigenvalue weighted by Crippen LogP contribution is -2.33. The molecule has 0 aromatic rings. The highest BCUT2D eigenvalue weighted by atomic mass is 31.1. The highest BCUT2D eigenvalue weighted by Crippen LogP contribution is 2.10. The number of aliphatic hydroxyl groups excluding tert-OH is 1. The van der Waals surface area contributed by atoms with Gasteiger partial charge in [0, 0.05) is 11.0 Å². The minimum atomic E-state index is -2.87. The zero-order chi connectivity index (χ0) is 21.5. The van der Waals surface area contributed by atoms with Crippen LogP contribution in [0.1, 0.15) is 110 Å². The molecule has 0 fully saturated rings. The number of allylic oxidation sites excluding steroid dienone is 2. The summed E-state index contributed by atoms with van der Waals surface area (Å²) in [7, 11) is -2.87. The van der Waals surface area contributed by atoms with Crippen LogP contribution in [-0.2, 0) is 9.36 Å². The zero-order valence-electron chi connectivity index (χ0n) is 17.9. The van der Waals surface area contributed by atoms with Crippen LogP contribution in [0.2, 0.25) is 0 Å². The number of nitrogens with one attached hydrogen (secondary N) is 1. The Morgan fingerprint density at radius 3 is 1.75 bits per heavy atom. The first-order valence-corrected chi connectivity index (χ1v) is 12.1. The van der Waals surface area contributed by atoms with E-state index in [-0.39, 0.29) is 5.91 Å². The summed E-state index contributed by atoms with van der Waals surface area (Å²) in [4.78, 5) is 25.7. The summed E-state index contributed by atoms with van der Waals surface area (Å²) in [5.41, 5.74) is 0. The van der Waals surface area contributed by atoms with Gasteiger partial charge in [0.25, 0.3) is 0 Å². The maximum Gasteiger partial charge on any atom is 0.692 e. The molecule has 0 bridgehead atoms. The molecule has 0 rings (SSSR count). The number of amides is 1. The highest BCUT2D eigenvalue weighted by molar-refractivity contribution is 7.30. The van der Waals surface area contributed by atoms with Crippen LogP contribution in [0.3, 0.4) is 0 Å². The molecule has 0 saturated heterocycles. The van der Waals surface area contributed by atoms with Crippen molar-refractivity contribution in [2.24, 2.45) is 0 Å². The summed E-state index contributed by atoms with van der Waals surface area (Å²) >= 11 is 0. The number of unbranched alkanes of at least 4 members (excludes halogenated alkanes) is 11. The summed E-state index contributed by atoms with van der Waals surface area (Å²) < 4.78 is 8.70. The van der Waals surface area contributed by atoms with Crippen molar-refractivity contribution in [2.45, 2.75) is 116 Å². The molecule has 0 aromatic carbocycles. The fraction of sp³-hybridized carbons (Fsp3) is 0.857. The second kappa shape index (κ2) is 24.2. The molecule has 1 atom stereocenters. The molecule has 166 valence electrons. The third-order valence-electron chi connectivity index (χ3n) is 4.38. The van der Waals surface area contributed by atoms with E-state index in [1.807, 2.05) is 6.92 Å². The monoisotopic (exact) mass is 420 g/mol. The van der Waals surface area contributed by atoms with Gasteiger partial charge in [0.1, 0.15) is 6.23 Å². The Labute approximate surface area is 172 Å². The standard InChI is InChI=1S/C21H41NO2.HO3P/c1-3-5-6-7-8-9-10-11-12-13-14-15-16-17-18-19-21(24)22-20(23)4-2;1-4(2)3/h11-12,20,23H,3-10,13-19H2,1-2H3,(H,22,24);(H-,1,2,3)/p+1. The van der Waals surface area contributed by atoms with Gasteiger partial charge in [-0.2, -0.15) is 0 Å². The van der Waals surface area contributed by atoms with Crippen LogP contribution in [-0.4, -0.2) is 27.0 Å². The molecule has 0 aliphatic carbocycles. The predicted molar refractivity (Wildman–Crippen MR) is 116 cm³/mol. The normalized spacial score (nSPS) is 11.8. The SMILES string of the molecule is CCCCCCCCC=CCCCCCCCC(=O)NC(O)CC.O=[P+](O)O. The number of hydrogen-bond donors (Lipinski definition) is 4. The summed E-state index contributed by atoms with van der Waals surface area (Å²) in [5.74, 6) is -0.0259. The van der Waals surface area contributed by atoms with Gasteiger partial charge in [-0.25, -0.2) is 0 Å². The van der Waals surface area contributed by atoms with Crippen LogP contribution in [0.5, 0.6) is 0 Å². The Morgan fingerprint density at radius 2 is 1.29 bits per heavy atom. The van der Waals surface area contributed by atoms with E-state index < -0.39 is 14.5 Å². The van der Waals surface area contributed by atoms with Gasteiger partial charge in [-0.05, 0) is 38.5 Å². The van der Waals surface area contributed by atoms with Crippen LogP contribution in [0.25, 0.3) is 0 Å². The minimum Gasteiger partial charge on any atom is -0.374 e. The lowest BCUT2D eigenvalue weighted by atomic mass is 10.1. The number of carbonyl (C=O) groups excluding carboxylic acids is 1. The lowest BCUT2D eigenvalue weighted by Gasteiger charge is -2.09. The van der Waals surface area contributed by atoms with E-state index in [0.29, 0.717) is 12.8 Å². The van der Waals surface area contributed by atoms with Crippen molar-refractivity contribution in [3.8, 4) is 0 Å². The minimum absolute atomic E-state index is 0.0259. The topological polar surface area (TPSA) is 107 Å². The van der Waals surface area contributed by atoms with Gasteiger partial charge >= 0.3 is 8.25 Å². The number of rotatable bonds is 17. The lowest BCUT2D eigenvalue weighted by molar-refractivity contribution is -0.124. The third-order valence-corrected chi connectivity index (χ3v) is 4.38. The van der Waals surface area contributed by atoms with Crippen LogP contribution >= 0.6 is 8.25 Å². The Hall–Kier alpha value is -0.810. The Bertz CT molecular complexity index is 387. The Balaban J connectivity index is 0. The molecule has 0 aromatic heterocycles. The third kappa shape index (κ3) is 29.9. The average Bonchev–Trinajstić information content (AvgIpc) is 2.64. The van der Waals surface area contributed by atoms with Crippen molar-refractivity contribution in [1.29, 1.82) is 0 Å². The van der Waals surface area contributed by atoms with Gasteiger partial charge in [0.15, 0.2) is 0 Å². The van der Waals surface area contributed by atoms with Gasteiger partial charge < -0.3 is 10.4 Å². The number of carbonyl (C=O) groups is 1. The molecule has 7 heteroatoms. The smallest absolute Gasteiger partial charge is 0.374 e. The quantitative estimate of drug-likeness (QED) is 0.108. The summed E-state index contributed by atoms with van der Waals surface area (Å²) in [6.07, 6.45) is 21.5. The van der Waals surface area contributed by atoms with Crippen molar-refractivity contribution in [2.75, 3.05) is 0 Å². The first-order valence-electron chi connectivity index (χ1n) is 10.9. The van der Waals surface area contributed by atoms with Gasteiger partial charge in [0.2, 0.25) is 5.91 Å². The molecule has 1 amide bonds. The van der Waals surface area contributed by atoms with Crippen molar-refractivity contribution >= 4 is 14.2 Å². The molecule has 0 radical (unpaired) electrons. The molecule has 28 heavy (non-hydrogen) atoms. The predicted octanol–water partition coefficient (Wildman–Crippen LogP) is 5.50. The molecule has 0 heterocycles. The second-order valence-electron chi connectivity index (χ2n) is 7.08. The first-order chi connectivity index (χ1) is 13.4. The molecule has 0 aliphatic rings. The van der Waals surface area contributed by atoms with Gasteiger partial charge in [-0.1, -0.05) is 77.4 Å². The van der Waals surface area contributed by atoms with E-state index in [9.17, 15) is 9.90 Å². The molecule has 6 nitrogen and oxygen atoms in total. The fourth-order valence-corrected chi connectivity index (χ4v) is 2.72. The molecular formula is C21H43NO5P+. The zero-order valence-corrected chi connectivity index (χ0v) is 18.8. The van der Waals surface area contributed by atoms with Crippen molar-refractivity contribution in [3.63, 3.8) is 0 Å². The first kappa shape index (κ1) is 29.4. The summed E-state index contributed by atoms with van der Waals surface area (Å²) in [6, 6.07) is 0. The Kier molecular flexibility index (Phi) is 25.4. The van der Waals surface area contributed by atoms with Crippen LogP contribution in [0.15, 0.2) is 12.2 Å². The fourth-order valence-electron chi connectivity index (χ4n) is 2.72. The molecule has 0 spiro atoms. The average molecular weight is 421 g/mol. The van der Waals surface area contributed by atoms with Crippen molar-refractivity contribution < 1.29 is 24.3 Å². The van der Waals surface area contributed by atoms with Crippen molar-refractivity contribution in [3.05, 3.63) is 12.2 Å². The van der Waals surface area contributed by atoms with Crippen LogP contribution in [0.4, 0.5) is 0 Å². The second-order valence-corrected chi connectivity index (χ2v) is 7.58. The van der Waals surface area contributed by atoms with Gasteiger partial charge in [-0.15, -0.1) is 9.79 Å². The maximum atomic E-state index is 11.5. The summed E-state index contributed by atoms with van der Waals surface area (Å²) in [5, 5.41) is 11.9. The summed E-state index contributed by atoms with van der Waals surface area (Å²) in [6.45, 7) is 4.12. The highest BCUT2D eigenvalue weighted by Gasteiger charge is 2.05. The Morgan fingerprint density at radius 1 is 0.857 bits per heavy atom. The molecule has 4 N–H and O–H groups in total. The maximum absolute atomic E-state index is 11.5. The molecule has 0 saturated carbocycles.